The van der Waals surface area contributed by atoms with Crippen molar-refractivity contribution in [1.29, 1.82) is 0 Å². The second kappa shape index (κ2) is 14.9. The third-order valence-corrected chi connectivity index (χ3v) is 6.43. The number of carbonyl (C=O) groups excluding carboxylic acids is 2. The monoisotopic (exact) mass is 578 g/mol. The fourth-order valence-corrected chi connectivity index (χ4v) is 4.34. The number of unbranched alkanes of at least 4 members (excludes halogenated alkanes) is 7. The molecule has 0 spiro atoms. The van der Waals surface area contributed by atoms with Crippen LogP contribution in [0.2, 0.25) is 0 Å². The Morgan fingerprint density at radius 1 is 0.973 bits per heavy atom. The average molecular weight is 580 g/mol. The first-order valence-electron chi connectivity index (χ1n) is 12.7. The number of halogens is 3. The molecule has 0 amide bonds. The van der Waals surface area contributed by atoms with Crippen LogP contribution in [0.4, 0.5) is 0 Å². The van der Waals surface area contributed by atoms with Crippen LogP contribution in [-0.4, -0.2) is 54.6 Å². The molecular weight excluding hydrogens is 547 g/mol. The Morgan fingerprint density at radius 2 is 1.59 bits per heavy atom. The standard InChI is InChI=1S/C24H33Cl3N4O6/c25-24(26,27)14-36-20(33)10-8-6-4-2-1-3-5-7-9-19(32)35-13-17-11-12-18(37-17)31-16-30-21-22(31)28-15-29-23(21)34/h15-18H,1-14H2,(H,28,29,34)/t17-,18+/m0/s1. The molecule has 1 fully saturated rings. The topological polar surface area (TPSA) is 125 Å². The number of esters is 2. The Labute approximate surface area is 230 Å². The van der Waals surface area contributed by atoms with E-state index in [1.165, 1.54) is 6.33 Å². The summed E-state index contributed by atoms with van der Waals surface area (Å²) in [6.45, 7) is -0.0150. The minimum Gasteiger partial charge on any atom is -0.463 e. The summed E-state index contributed by atoms with van der Waals surface area (Å²) in [5.41, 5.74) is 0.463. The van der Waals surface area contributed by atoms with E-state index in [4.69, 9.17) is 49.0 Å². The normalized spacial score (nSPS) is 17.8. The van der Waals surface area contributed by atoms with E-state index in [9.17, 15) is 14.4 Å². The van der Waals surface area contributed by atoms with Crippen molar-refractivity contribution in [2.24, 2.45) is 0 Å². The van der Waals surface area contributed by atoms with E-state index in [1.54, 1.807) is 10.9 Å². The number of fused-ring (bicyclic) bond motifs is 1. The molecule has 2 aromatic rings. The summed E-state index contributed by atoms with van der Waals surface area (Å²) in [5, 5.41) is 0. The maximum Gasteiger partial charge on any atom is 0.305 e. The molecule has 1 saturated heterocycles. The highest BCUT2D eigenvalue weighted by Crippen LogP contribution is 2.30. The average Bonchev–Trinajstić information content (AvgIpc) is 3.50. The smallest absolute Gasteiger partial charge is 0.305 e. The van der Waals surface area contributed by atoms with E-state index in [2.05, 4.69) is 15.0 Å². The number of aromatic nitrogens is 4. The molecule has 1 aliphatic rings. The Hall–Kier alpha value is -1.88. The molecule has 3 rings (SSSR count). The highest BCUT2D eigenvalue weighted by Gasteiger charge is 2.29. The highest BCUT2D eigenvalue weighted by molar-refractivity contribution is 6.67. The molecule has 0 saturated carbocycles. The predicted molar refractivity (Wildman–Crippen MR) is 140 cm³/mol. The molecule has 1 N–H and O–H groups in total. The number of ether oxygens (including phenoxy) is 3. The number of alkyl halides is 3. The number of imidazole rings is 1. The van der Waals surface area contributed by atoms with Gasteiger partial charge in [-0.25, -0.2) is 9.97 Å². The maximum absolute atomic E-state index is 12.1. The molecule has 206 valence electrons. The quantitative estimate of drug-likeness (QED) is 0.174. The lowest BCUT2D eigenvalue weighted by molar-refractivity contribution is -0.148. The Bertz CT molecular complexity index is 1070. The lowest BCUT2D eigenvalue weighted by atomic mass is 10.1. The largest absolute Gasteiger partial charge is 0.463 e. The van der Waals surface area contributed by atoms with Crippen molar-refractivity contribution in [2.45, 2.75) is 93.2 Å². The molecule has 13 heteroatoms. The van der Waals surface area contributed by atoms with Crippen LogP contribution in [0.1, 0.15) is 83.3 Å². The molecule has 3 heterocycles. The number of rotatable bonds is 15. The van der Waals surface area contributed by atoms with Crippen LogP contribution in [0.15, 0.2) is 17.4 Å². The summed E-state index contributed by atoms with van der Waals surface area (Å²) in [6, 6.07) is 0. The van der Waals surface area contributed by atoms with E-state index < -0.39 is 3.79 Å². The molecule has 0 aromatic carbocycles. The van der Waals surface area contributed by atoms with Crippen molar-refractivity contribution >= 4 is 57.9 Å². The van der Waals surface area contributed by atoms with Gasteiger partial charge in [0.25, 0.3) is 5.56 Å². The minimum atomic E-state index is -1.57. The zero-order chi connectivity index (χ0) is 26.7. The van der Waals surface area contributed by atoms with Gasteiger partial charge in [-0.1, -0.05) is 73.3 Å². The maximum atomic E-state index is 12.1. The molecule has 2 atom stereocenters. The van der Waals surface area contributed by atoms with E-state index in [0.717, 1.165) is 64.2 Å². The van der Waals surface area contributed by atoms with Crippen LogP contribution in [0, 0.1) is 0 Å². The van der Waals surface area contributed by atoms with Gasteiger partial charge in [0.1, 0.15) is 19.4 Å². The van der Waals surface area contributed by atoms with Gasteiger partial charge in [-0.15, -0.1) is 0 Å². The summed E-state index contributed by atoms with van der Waals surface area (Å²) in [7, 11) is 0. The number of H-pyrrole nitrogens is 1. The number of carbonyl (C=O) groups is 2. The number of hydrogen-bond acceptors (Lipinski definition) is 8. The second-order valence-corrected chi connectivity index (χ2v) is 11.6. The van der Waals surface area contributed by atoms with Crippen molar-refractivity contribution < 1.29 is 23.8 Å². The molecular formula is C24H33Cl3N4O6. The summed E-state index contributed by atoms with van der Waals surface area (Å²) < 4.78 is 16.5. The number of nitrogens with zero attached hydrogens (tertiary/aromatic N) is 3. The number of hydrogen-bond donors (Lipinski definition) is 1. The van der Waals surface area contributed by atoms with Crippen LogP contribution in [0.3, 0.4) is 0 Å². The first-order chi connectivity index (χ1) is 17.7. The minimum absolute atomic E-state index is 0.190. The van der Waals surface area contributed by atoms with Gasteiger partial charge in [0.15, 0.2) is 11.2 Å². The van der Waals surface area contributed by atoms with Gasteiger partial charge in [0.2, 0.25) is 3.79 Å². The Balaban J connectivity index is 1.17. The van der Waals surface area contributed by atoms with Crippen LogP contribution >= 0.6 is 34.8 Å². The molecule has 0 radical (unpaired) electrons. The van der Waals surface area contributed by atoms with Gasteiger partial charge in [-0.3, -0.25) is 19.0 Å². The molecule has 2 aromatic heterocycles. The molecule has 0 unspecified atom stereocenters. The van der Waals surface area contributed by atoms with Crippen LogP contribution in [0.5, 0.6) is 0 Å². The SMILES string of the molecule is O=C(CCCCCCCCCCC(=O)OCC(Cl)(Cl)Cl)OC[C@@H]1CC[C@H](n2cnc3c(=O)[nH]cnc32)O1. The van der Waals surface area contributed by atoms with Gasteiger partial charge in [0, 0.05) is 12.8 Å². The summed E-state index contributed by atoms with van der Waals surface area (Å²) in [4.78, 5) is 46.2. The first kappa shape index (κ1) is 29.7. The van der Waals surface area contributed by atoms with Crippen LogP contribution in [-0.2, 0) is 23.8 Å². The van der Waals surface area contributed by atoms with Crippen molar-refractivity contribution in [2.75, 3.05) is 13.2 Å². The summed E-state index contributed by atoms with van der Waals surface area (Å²) in [6.07, 6.45) is 12.4. The van der Waals surface area contributed by atoms with Crippen molar-refractivity contribution in [3.05, 3.63) is 23.0 Å². The summed E-state index contributed by atoms with van der Waals surface area (Å²) in [5.74, 6) is -0.561. The van der Waals surface area contributed by atoms with Gasteiger partial charge < -0.3 is 19.2 Å². The molecule has 1 aliphatic heterocycles. The third-order valence-electron chi connectivity index (χ3n) is 6.10. The van der Waals surface area contributed by atoms with Crippen molar-refractivity contribution in [1.82, 2.24) is 19.5 Å². The van der Waals surface area contributed by atoms with E-state index in [1.807, 2.05) is 0 Å². The molecule has 37 heavy (non-hydrogen) atoms. The van der Waals surface area contributed by atoms with Gasteiger partial charge in [0.05, 0.1) is 18.8 Å². The predicted octanol–water partition coefficient (Wildman–Crippen LogP) is 5.15. The van der Waals surface area contributed by atoms with Crippen LogP contribution < -0.4 is 5.56 Å². The number of aromatic amines is 1. The van der Waals surface area contributed by atoms with Gasteiger partial charge in [-0.2, -0.15) is 0 Å². The van der Waals surface area contributed by atoms with Gasteiger partial charge >= 0.3 is 11.9 Å². The van der Waals surface area contributed by atoms with E-state index in [-0.39, 0.29) is 48.6 Å². The van der Waals surface area contributed by atoms with Crippen molar-refractivity contribution in [3.8, 4) is 0 Å². The molecule has 10 nitrogen and oxygen atoms in total. The Morgan fingerprint density at radius 3 is 2.24 bits per heavy atom. The fourth-order valence-electron chi connectivity index (χ4n) is 4.18. The van der Waals surface area contributed by atoms with Gasteiger partial charge in [-0.05, 0) is 25.7 Å². The lowest BCUT2D eigenvalue weighted by Crippen LogP contribution is -2.19. The fraction of sp³-hybridized carbons (Fsp3) is 0.708. The second-order valence-electron chi connectivity index (χ2n) is 9.13. The van der Waals surface area contributed by atoms with E-state index >= 15 is 0 Å². The van der Waals surface area contributed by atoms with Crippen molar-refractivity contribution in [3.63, 3.8) is 0 Å². The molecule has 0 bridgehead atoms. The van der Waals surface area contributed by atoms with Crippen LogP contribution in [0.25, 0.3) is 11.2 Å². The number of nitrogens with one attached hydrogen (secondary N) is 1. The highest BCUT2D eigenvalue weighted by atomic mass is 35.6. The zero-order valence-corrected chi connectivity index (χ0v) is 22.9. The van der Waals surface area contributed by atoms with E-state index in [0.29, 0.717) is 18.5 Å². The lowest BCUT2D eigenvalue weighted by Gasteiger charge is -2.15. The summed E-state index contributed by atoms with van der Waals surface area (Å²) >= 11 is 16.6. The zero-order valence-electron chi connectivity index (χ0n) is 20.6. The molecule has 0 aliphatic carbocycles. The third kappa shape index (κ3) is 10.4. The Kier molecular flexibility index (Phi) is 11.9. The first-order valence-corrected chi connectivity index (χ1v) is 13.8.